The van der Waals surface area contributed by atoms with Crippen LogP contribution >= 0.6 is 23.4 Å². The fraction of sp³-hybridized carbons (Fsp3) is 0.100. The number of methoxy groups -OCH3 is 1. The van der Waals surface area contributed by atoms with Gasteiger partial charge in [0.1, 0.15) is 12.3 Å². The van der Waals surface area contributed by atoms with Crippen LogP contribution in [0, 0.1) is 0 Å². The molecule has 7 nitrogen and oxygen atoms in total. The molecule has 0 N–H and O–H groups in total. The average molecular weight is 432 g/mol. The molecule has 9 heteroatoms. The lowest BCUT2D eigenvalue weighted by molar-refractivity contribution is -0.143. The summed E-state index contributed by atoms with van der Waals surface area (Å²) in [4.78, 5) is 48.7. The number of thioether (sulfide) groups is 1. The highest BCUT2D eigenvalue weighted by Gasteiger charge is 2.36. The number of rotatable bonds is 5. The highest BCUT2D eigenvalue weighted by Crippen LogP contribution is 2.32. The van der Waals surface area contributed by atoms with Crippen LogP contribution in [0.2, 0.25) is 5.02 Å². The minimum Gasteiger partial charge on any atom is -0.468 e. The standard InChI is InChI=1S/C20H14ClNO6S/c1-27-17(23)11-22-18(24)16(29-20(22)26)10-12-2-8-15(9-3-12)28-19(25)13-4-6-14(21)7-5-13/h2-10H,11H2,1H3/b16-10-. The Labute approximate surface area is 175 Å². The van der Waals surface area contributed by atoms with Gasteiger partial charge in [-0.1, -0.05) is 23.7 Å². The van der Waals surface area contributed by atoms with E-state index in [1.54, 1.807) is 48.5 Å². The number of carbonyl (C=O) groups excluding carboxylic acids is 4. The Bertz CT molecular complexity index is 1000. The molecule has 2 amide bonds. The summed E-state index contributed by atoms with van der Waals surface area (Å²) in [5.74, 6) is -1.46. The van der Waals surface area contributed by atoms with Crippen molar-refractivity contribution in [1.29, 1.82) is 0 Å². The van der Waals surface area contributed by atoms with Gasteiger partial charge in [0.15, 0.2) is 0 Å². The zero-order valence-corrected chi connectivity index (χ0v) is 16.7. The molecule has 1 saturated heterocycles. The molecule has 2 aromatic rings. The lowest BCUT2D eigenvalue weighted by Gasteiger charge is -2.09. The molecule has 1 aliphatic heterocycles. The molecule has 3 rings (SSSR count). The van der Waals surface area contributed by atoms with E-state index in [4.69, 9.17) is 16.3 Å². The molecule has 0 spiro atoms. The SMILES string of the molecule is COC(=O)CN1C(=O)S/C(=C\c2ccc(OC(=O)c3ccc(Cl)cc3)cc2)C1=O. The van der Waals surface area contributed by atoms with Crippen LogP contribution in [0.1, 0.15) is 15.9 Å². The Hall–Kier alpha value is -3.10. The Kier molecular flexibility index (Phi) is 6.36. The van der Waals surface area contributed by atoms with E-state index in [0.717, 1.165) is 16.7 Å². The second kappa shape index (κ2) is 8.93. The third kappa shape index (κ3) is 5.04. The van der Waals surface area contributed by atoms with E-state index in [-0.39, 0.29) is 4.91 Å². The van der Waals surface area contributed by atoms with Crippen molar-refractivity contribution in [2.24, 2.45) is 0 Å². The number of amides is 2. The number of hydrogen-bond donors (Lipinski definition) is 0. The first kappa shape index (κ1) is 20.6. The van der Waals surface area contributed by atoms with Crippen molar-refractivity contribution in [2.75, 3.05) is 13.7 Å². The summed E-state index contributed by atoms with van der Waals surface area (Å²) in [6.45, 7) is -0.432. The molecule has 0 unspecified atom stereocenters. The van der Waals surface area contributed by atoms with E-state index in [1.807, 2.05) is 0 Å². The van der Waals surface area contributed by atoms with Crippen LogP contribution in [-0.2, 0) is 14.3 Å². The lowest BCUT2D eigenvalue weighted by Crippen LogP contribution is -2.34. The number of carbonyl (C=O) groups is 4. The average Bonchev–Trinajstić information content (AvgIpc) is 2.97. The summed E-state index contributed by atoms with van der Waals surface area (Å²) in [6, 6.07) is 12.7. The number of ether oxygens (including phenoxy) is 2. The molecule has 0 saturated carbocycles. The molecule has 148 valence electrons. The summed E-state index contributed by atoms with van der Waals surface area (Å²) in [5.41, 5.74) is 0.984. The van der Waals surface area contributed by atoms with Crippen molar-refractivity contribution in [3.63, 3.8) is 0 Å². The third-order valence-electron chi connectivity index (χ3n) is 3.86. The molecule has 1 aliphatic rings. The van der Waals surface area contributed by atoms with Crippen molar-refractivity contribution >= 4 is 52.5 Å². The van der Waals surface area contributed by atoms with Gasteiger partial charge in [-0.25, -0.2) is 4.79 Å². The number of halogens is 1. The summed E-state index contributed by atoms with van der Waals surface area (Å²) in [6.07, 6.45) is 1.52. The highest BCUT2D eigenvalue weighted by atomic mass is 35.5. The van der Waals surface area contributed by atoms with Crippen LogP contribution in [0.25, 0.3) is 6.08 Å². The molecule has 29 heavy (non-hydrogen) atoms. The van der Waals surface area contributed by atoms with E-state index in [0.29, 0.717) is 21.9 Å². The highest BCUT2D eigenvalue weighted by molar-refractivity contribution is 8.18. The first-order valence-corrected chi connectivity index (χ1v) is 9.47. The monoisotopic (exact) mass is 431 g/mol. The summed E-state index contributed by atoms with van der Waals surface area (Å²) in [5, 5.41) is -0.0259. The largest absolute Gasteiger partial charge is 0.468 e. The van der Waals surface area contributed by atoms with Gasteiger partial charge in [0.25, 0.3) is 11.1 Å². The van der Waals surface area contributed by atoms with Gasteiger partial charge in [0.05, 0.1) is 17.6 Å². The van der Waals surface area contributed by atoms with Gasteiger partial charge < -0.3 is 9.47 Å². The number of imide groups is 1. The Morgan fingerprint density at radius 3 is 2.34 bits per heavy atom. The van der Waals surface area contributed by atoms with Gasteiger partial charge >= 0.3 is 11.9 Å². The van der Waals surface area contributed by atoms with Gasteiger partial charge in [-0.2, -0.15) is 0 Å². The number of benzene rings is 2. The predicted molar refractivity (Wildman–Crippen MR) is 108 cm³/mol. The van der Waals surface area contributed by atoms with Crippen LogP contribution in [-0.4, -0.2) is 41.6 Å². The number of esters is 2. The molecule has 0 aromatic heterocycles. The predicted octanol–water partition coefficient (Wildman–Crippen LogP) is 3.77. The van der Waals surface area contributed by atoms with E-state index in [2.05, 4.69) is 4.74 Å². The minimum absolute atomic E-state index is 0.185. The van der Waals surface area contributed by atoms with Crippen LogP contribution in [0.15, 0.2) is 53.4 Å². The Morgan fingerprint density at radius 2 is 1.72 bits per heavy atom. The second-order valence-electron chi connectivity index (χ2n) is 5.81. The Balaban J connectivity index is 1.68. The van der Waals surface area contributed by atoms with Crippen molar-refractivity contribution in [1.82, 2.24) is 4.90 Å². The zero-order chi connectivity index (χ0) is 21.0. The zero-order valence-electron chi connectivity index (χ0n) is 15.1. The molecule has 0 atom stereocenters. The van der Waals surface area contributed by atoms with Crippen molar-refractivity contribution in [3.05, 3.63) is 69.6 Å². The maximum Gasteiger partial charge on any atom is 0.343 e. The minimum atomic E-state index is -0.680. The number of hydrogen-bond acceptors (Lipinski definition) is 7. The van der Waals surface area contributed by atoms with E-state index < -0.39 is 29.6 Å². The third-order valence-corrected chi connectivity index (χ3v) is 5.02. The van der Waals surface area contributed by atoms with Crippen molar-refractivity contribution < 1.29 is 28.7 Å². The fourth-order valence-corrected chi connectivity index (χ4v) is 3.33. The first-order valence-electron chi connectivity index (χ1n) is 8.27. The van der Waals surface area contributed by atoms with Crippen LogP contribution < -0.4 is 4.74 Å². The van der Waals surface area contributed by atoms with E-state index >= 15 is 0 Å². The molecule has 2 aromatic carbocycles. The van der Waals surface area contributed by atoms with Gasteiger partial charge in [0.2, 0.25) is 0 Å². The quantitative estimate of drug-likeness (QED) is 0.404. The first-order chi connectivity index (χ1) is 13.9. The molecule has 1 heterocycles. The topological polar surface area (TPSA) is 90.0 Å². The molecule has 0 radical (unpaired) electrons. The fourth-order valence-electron chi connectivity index (χ4n) is 2.37. The summed E-state index contributed by atoms with van der Waals surface area (Å²) in [7, 11) is 1.18. The maximum absolute atomic E-state index is 12.3. The normalized spacial score (nSPS) is 15.0. The lowest BCUT2D eigenvalue weighted by atomic mass is 10.2. The summed E-state index contributed by atoms with van der Waals surface area (Å²) >= 11 is 6.53. The van der Waals surface area contributed by atoms with Gasteiger partial charge in [0, 0.05) is 5.02 Å². The molecular formula is C20H14ClNO6S. The maximum atomic E-state index is 12.3. The smallest absolute Gasteiger partial charge is 0.343 e. The van der Waals surface area contributed by atoms with Gasteiger partial charge in [-0.15, -0.1) is 0 Å². The van der Waals surface area contributed by atoms with Crippen LogP contribution in [0.3, 0.4) is 0 Å². The second-order valence-corrected chi connectivity index (χ2v) is 7.24. The van der Waals surface area contributed by atoms with E-state index in [9.17, 15) is 19.2 Å². The molecule has 0 bridgehead atoms. The molecule has 1 fully saturated rings. The molecule has 0 aliphatic carbocycles. The van der Waals surface area contributed by atoms with Gasteiger partial charge in [-0.3, -0.25) is 19.3 Å². The van der Waals surface area contributed by atoms with Crippen molar-refractivity contribution in [3.8, 4) is 5.75 Å². The van der Waals surface area contributed by atoms with Crippen LogP contribution in [0.4, 0.5) is 4.79 Å². The van der Waals surface area contributed by atoms with E-state index in [1.165, 1.54) is 13.2 Å². The Morgan fingerprint density at radius 1 is 1.07 bits per heavy atom. The summed E-state index contributed by atoms with van der Waals surface area (Å²) < 4.78 is 9.77. The van der Waals surface area contributed by atoms with Crippen LogP contribution in [0.5, 0.6) is 5.75 Å². The van der Waals surface area contributed by atoms with Crippen molar-refractivity contribution in [2.45, 2.75) is 0 Å². The number of nitrogens with zero attached hydrogens (tertiary/aromatic N) is 1. The molecular weight excluding hydrogens is 418 g/mol. The van der Waals surface area contributed by atoms with Gasteiger partial charge in [-0.05, 0) is 59.8 Å².